The van der Waals surface area contributed by atoms with Crippen molar-refractivity contribution in [1.29, 1.82) is 0 Å². The smallest absolute Gasteiger partial charge is 0.243 e. The highest BCUT2D eigenvalue weighted by Crippen LogP contribution is 2.26. The topological polar surface area (TPSA) is 87.2 Å². The van der Waals surface area contributed by atoms with Crippen molar-refractivity contribution in [3.05, 3.63) is 65.0 Å². The Morgan fingerprint density at radius 2 is 1.78 bits per heavy atom. The van der Waals surface area contributed by atoms with E-state index in [1.165, 1.54) is 40.1 Å². The van der Waals surface area contributed by atoms with Gasteiger partial charge in [-0.1, -0.05) is 53.4 Å². The predicted octanol–water partition coefficient (Wildman–Crippen LogP) is 4.10. The van der Waals surface area contributed by atoms with Gasteiger partial charge in [-0.05, 0) is 42.7 Å². The van der Waals surface area contributed by atoms with E-state index in [1.54, 1.807) is 19.2 Å². The third-order valence-electron chi connectivity index (χ3n) is 4.63. The number of nitrogens with zero attached hydrogens (tertiary/aromatic N) is 3. The zero-order valence-electron chi connectivity index (χ0n) is 18.0. The third kappa shape index (κ3) is 6.76. The molecule has 1 heterocycles. The first-order chi connectivity index (χ1) is 15.3. The third-order valence-corrected chi connectivity index (χ3v) is 6.63. The van der Waals surface area contributed by atoms with Gasteiger partial charge in [-0.25, -0.2) is 4.39 Å². The molecule has 32 heavy (non-hydrogen) atoms. The maximum atomic E-state index is 13.0. The molecule has 0 aliphatic rings. The van der Waals surface area contributed by atoms with Gasteiger partial charge in [0.05, 0.1) is 12.3 Å². The number of aromatic nitrogens is 2. The van der Waals surface area contributed by atoms with E-state index < -0.39 is 0 Å². The van der Waals surface area contributed by atoms with E-state index in [-0.39, 0.29) is 29.9 Å². The number of thioether (sulfide) groups is 1. The fraction of sp³-hybridized carbons (Fsp3) is 0.273. The second-order valence-electron chi connectivity index (χ2n) is 7.21. The quantitative estimate of drug-likeness (QED) is 0.455. The molecule has 3 rings (SSSR count). The van der Waals surface area contributed by atoms with Crippen LogP contribution in [0.4, 0.5) is 15.2 Å². The van der Waals surface area contributed by atoms with Crippen molar-refractivity contribution in [2.24, 2.45) is 0 Å². The molecule has 1 aromatic heterocycles. The summed E-state index contributed by atoms with van der Waals surface area (Å²) in [6.45, 7) is 4.32. The molecule has 0 saturated carbocycles. The van der Waals surface area contributed by atoms with E-state index in [0.29, 0.717) is 16.0 Å². The molecule has 2 aromatic carbocycles. The molecule has 0 radical (unpaired) electrons. The number of likely N-dealkylation sites (N-methyl/N-ethyl adjacent to an activating group) is 1. The molecule has 0 aliphatic carbocycles. The summed E-state index contributed by atoms with van der Waals surface area (Å²) in [5.41, 5.74) is 3.65. The molecule has 0 bridgehead atoms. The number of rotatable bonds is 9. The second kappa shape index (κ2) is 11.1. The SMILES string of the molecule is Cc1cccc(C)c1NC(=O)CN(C)C(=O)CSc1nnc(NCc2ccc(F)cc2)s1. The number of aryl methyl sites for hydroxylation is 2. The fourth-order valence-corrected chi connectivity index (χ4v) is 4.54. The minimum absolute atomic E-state index is 0.0340. The van der Waals surface area contributed by atoms with Gasteiger partial charge in [0.1, 0.15) is 5.82 Å². The number of anilines is 2. The number of benzene rings is 2. The summed E-state index contributed by atoms with van der Waals surface area (Å²) in [6.07, 6.45) is 0. The van der Waals surface area contributed by atoms with Crippen molar-refractivity contribution in [2.75, 3.05) is 30.0 Å². The Morgan fingerprint density at radius 3 is 2.47 bits per heavy atom. The molecule has 10 heteroatoms. The molecule has 0 unspecified atom stereocenters. The predicted molar refractivity (Wildman–Crippen MR) is 127 cm³/mol. The minimum atomic E-state index is -0.277. The zero-order valence-corrected chi connectivity index (χ0v) is 19.6. The molecule has 0 atom stereocenters. The zero-order chi connectivity index (χ0) is 23.1. The largest absolute Gasteiger partial charge is 0.356 e. The highest BCUT2D eigenvalue weighted by molar-refractivity contribution is 8.01. The van der Waals surface area contributed by atoms with Gasteiger partial charge in [0.25, 0.3) is 0 Å². The first-order valence-electron chi connectivity index (χ1n) is 9.86. The lowest BCUT2D eigenvalue weighted by atomic mass is 10.1. The van der Waals surface area contributed by atoms with Gasteiger partial charge in [-0.3, -0.25) is 9.59 Å². The van der Waals surface area contributed by atoms with E-state index >= 15 is 0 Å². The summed E-state index contributed by atoms with van der Waals surface area (Å²) in [5, 5.41) is 14.8. The summed E-state index contributed by atoms with van der Waals surface area (Å²) in [7, 11) is 1.60. The van der Waals surface area contributed by atoms with Crippen molar-refractivity contribution in [3.8, 4) is 0 Å². The lowest BCUT2D eigenvalue weighted by Gasteiger charge is -2.17. The number of hydrogen-bond acceptors (Lipinski definition) is 7. The summed E-state index contributed by atoms with van der Waals surface area (Å²) in [6, 6.07) is 12.0. The Labute approximate surface area is 194 Å². The van der Waals surface area contributed by atoms with Gasteiger partial charge in [0, 0.05) is 19.3 Å². The summed E-state index contributed by atoms with van der Waals surface area (Å²) in [5.74, 6) is -0.547. The maximum absolute atomic E-state index is 13.0. The maximum Gasteiger partial charge on any atom is 0.243 e. The van der Waals surface area contributed by atoms with Crippen LogP contribution in [0.2, 0.25) is 0 Å². The number of para-hydroxylation sites is 1. The lowest BCUT2D eigenvalue weighted by molar-refractivity contribution is -0.131. The van der Waals surface area contributed by atoms with Crippen molar-refractivity contribution >= 4 is 45.7 Å². The number of carbonyl (C=O) groups is 2. The summed E-state index contributed by atoms with van der Waals surface area (Å²) in [4.78, 5) is 26.2. The number of carbonyl (C=O) groups excluding carboxylic acids is 2. The standard InChI is InChI=1S/C22H24FN5O2S2/c1-14-5-4-6-15(2)20(14)25-18(29)12-28(3)19(30)13-31-22-27-26-21(32-22)24-11-16-7-9-17(23)10-8-16/h4-10H,11-13H2,1-3H3,(H,24,26)(H,25,29). The molecular formula is C22H24FN5O2S2. The van der Waals surface area contributed by atoms with Crippen molar-refractivity contribution < 1.29 is 14.0 Å². The van der Waals surface area contributed by atoms with Gasteiger partial charge in [-0.2, -0.15) is 0 Å². The number of nitrogens with one attached hydrogen (secondary N) is 2. The van der Waals surface area contributed by atoms with Crippen LogP contribution in [0.5, 0.6) is 0 Å². The van der Waals surface area contributed by atoms with Gasteiger partial charge >= 0.3 is 0 Å². The van der Waals surface area contributed by atoms with Crippen molar-refractivity contribution in [3.63, 3.8) is 0 Å². The summed E-state index contributed by atoms with van der Waals surface area (Å²) >= 11 is 2.60. The van der Waals surface area contributed by atoms with E-state index in [2.05, 4.69) is 20.8 Å². The molecule has 0 fully saturated rings. The highest BCUT2D eigenvalue weighted by atomic mass is 32.2. The van der Waals surface area contributed by atoms with E-state index in [0.717, 1.165) is 22.4 Å². The number of hydrogen-bond donors (Lipinski definition) is 2. The van der Waals surface area contributed by atoms with Crippen LogP contribution in [0, 0.1) is 19.7 Å². The van der Waals surface area contributed by atoms with Crippen LogP contribution < -0.4 is 10.6 Å². The molecule has 168 valence electrons. The van der Waals surface area contributed by atoms with Gasteiger partial charge in [0.15, 0.2) is 4.34 Å². The normalized spacial score (nSPS) is 10.6. The Bertz CT molecular complexity index is 1070. The molecule has 7 nitrogen and oxygen atoms in total. The van der Waals surface area contributed by atoms with E-state index in [1.807, 2.05) is 32.0 Å². The monoisotopic (exact) mass is 473 g/mol. The van der Waals surface area contributed by atoms with Crippen LogP contribution in [0.15, 0.2) is 46.8 Å². The Morgan fingerprint density at radius 1 is 1.09 bits per heavy atom. The minimum Gasteiger partial charge on any atom is -0.356 e. The molecule has 0 saturated heterocycles. The van der Waals surface area contributed by atoms with E-state index in [9.17, 15) is 14.0 Å². The average molecular weight is 474 g/mol. The molecule has 0 spiro atoms. The Hall–Kier alpha value is -2.98. The fourth-order valence-electron chi connectivity index (χ4n) is 2.85. The molecule has 2 amide bonds. The highest BCUT2D eigenvalue weighted by Gasteiger charge is 2.16. The van der Waals surface area contributed by atoms with Crippen LogP contribution in [0.25, 0.3) is 0 Å². The molecule has 2 N–H and O–H groups in total. The molecule has 0 aliphatic heterocycles. The van der Waals surface area contributed by atoms with Crippen LogP contribution in [0.1, 0.15) is 16.7 Å². The summed E-state index contributed by atoms with van der Waals surface area (Å²) < 4.78 is 13.6. The Kier molecular flexibility index (Phi) is 8.18. The van der Waals surface area contributed by atoms with Crippen LogP contribution in [0.3, 0.4) is 0 Å². The Balaban J connectivity index is 1.43. The first-order valence-corrected chi connectivity index (χ1v) is 11.7. The molecular weight excluding hydrogens is 449 g/mol. The average Bonchev–Trinajstić information content (AvgIpc) is 3.22. The van der Waals surface area contributed by atoms with Crippen molar-refractivity contribution in [2.45, 2.75) is 24.7 Å². The number of halogens is 1. The number of amides is 2. The lowest BCUT2D eigenvalue weighted by Crippen LogP contribution is -2.36. The van der Waals surface area contributed by atoms with Crippen molar-refractivity contribution in [1.82, 2.24) is 15.1 Å². The van der Waals surface area contributed by atoms with Gasteiger partial charge in [-0.15, -0.1) is 10.2 Å². The van der Waals surface area contributed by atoms with Gasteiger partial charge in [0.2, 0.25) is 16.9 Å². The van der Waals surface area contributed by atoms with Crippen LogP contribution >= 0.6 is 23.1 Å². The van der Waals surface area contributed by atoms with Crippen LogP contribution in [-0.4, -0.2) is 46.3 Å². The molecule has 3 aromatic rings. The second-order valence-corrected chi connectivity index (χ2v) is 9.41. The first kappa shape index (κ1) is 23.7. The van der Waals surface area contributed by atoms with Gasteiger partial charge < -0.3 is 15.5 Å². The van der Waals surface area contributed by atoms with Crippen LogP contribution in [-0.2, 0) is 16.1 Å². The van der Waals surface area contributed by atoms with E-state index in [4.69, 9.17) is 0 Å².